The minimum Gasteiger partial charge on any atom is -0.237 e. The summed E-state index contributed by atoms with van der Waals surface area (Å²) in [4.78, 5) is 19.5. The van der Waals surface area contributed by atoms with Gasteiger partial charge in [-0.05, 0) is 64.7 Å². The molecule has 56 heavy (non-hydrogen) atoms. The van der Waals surface area contributed by atoms with Gasteiger partial charge < -0.3 is 0 Å². The molecule has 0 saturated carbocycles. The predicted molar refractivity (Wildman–Crippen MR) is 236 cm³/mol. The number of hydrogen-bond donors (Lipinski definition) is 0. The number of thiophene rings is 2. The lowest BCUT2D eigenvalue weighted by molar-refractivity contribution is 1.17. The molecule has 0 bridgehead atoms. The van der Waals surface area contributed by atoms with Crippen molar-refractivity contribution in [3.8, 4) is 67.5 Å². The van der Waals surface area contributed by atoms with E-state index in [1.807, 2.05) is 34.8 Å². The van der Waals surface area contributed by atoms with Gasteiger partial charge in [0.25, 0.3) is 0 Å². The van der Waals surface area contributed by atoms with Gasteiger partial charge in [0.2, 0.25) is 0 Å². The molecule has 0 amide bonds. The van der Waals surface area contributed by atoms with E-state index in [4.69, 9.17) is 9.97 Å². The topological polar surface area (TPSA) is 51.6 Å². The van der Waals surface area contributed by atoms with Gasteiger partial charge in [-0.1, -0.05) is 127 Å². The summed E-state index contributed by atoms with van der Waals surface area (Å²) >= 11 is 3.71. The Morgan fingerprint density at radius 1 is 0.321 bits per heavy atom. The number of hydrogen-bond acceptors (Lipinski definition) is 6. The Bertz CT molecular complexity index is 3110. The van der Waals surface area contributed by atoms with Crippen LogP contribution in [0.25, 0.3) is 108 Å². The van der Waals surface area contributed by atoms with Crippen LogP contribution in [0.3, 0.4) is 0 Å². The van der Waals surface area contributed by atoms with Gasteiger partial charge in [0.1, 0.15) is 0 Å². The highest BCUT2D eigenvalue weighted by Crippen LogP contribution is 2.45. The number of nitrogens with zero attached hydrogens (tertiary/aromatic N) is 4. The van der Waals surface area contributed by atoms with Crippen LogP contribution in [-0.2, 0) is 0 Å². The van der Waals surface area contributed by atoms with E-state index in [-0.39, 0.29) is 0 Å². The Morgan fingerprint density at radius 3 is 1.39 bits per heavy atom. The fourth-order valence-electron chi connectivity index (χ4n) is 7.74. The van der Waals surface area contributed by atoms with Crippen LogP contribution >= 0.6 is 22.7 Å². The Labute approximate surface area is 331 Å². The Balaban J connectivity index is 1.15. The third-order valence-electron chi connectivity index (χ3n) is 10.4. The summed E-state index contributed by atoms with van der Waals surface area (Å²) in [5.41, 5.74) is 10.3. The third kappa shape index (κ3) is 5.66. The standard InChI is InChI=1S/C50H30N4S2/c1-2-11-31(12-3-1)43-30-44(32-21-23-33(24-22-32)49-51-25-10-26-52-49)54-50(53-43)36-28-34(37-15-8-17-41-39-13-4-6-19-45(39)55-47(37)41)27-35(29-36)38-16-9-18-42-40-14-5-7-20-46(40)56-48(38)42/h1-30H. The van der Waals surface area contributed by atoms with E-state index in [0.717, 1.165) is 44.8 Å². The fraction of sp³-hybridized carbons (Fsp3) is 0. The molecular weight excluding hydrogens is 721 g/mol. The Hall–Kier alpha value is -6.86. The van der Waals surface area contributed by atoms with Gasteiger partial charge in [0.15, 0.2) is 11.6 Å². The molecule has 4 heterocycles. The average Bonchev–Trinajstić information content (AvgIpc) is 3.86. The summed E-state index contributed by atoms with van der Waals surface area (Å²) in [5, 5.41) is 5.12. The lowest BCUT2D eigenvalue weighted by atomic mass is 9.94. The van der Waals surface area contributed by atoms with Crippen molar-refractivity contribution >= 4 is 63.0 Å². The first kappa shape index (κ1) is 32.6. The van der Waals surface area contributed by atoms with Crippen molar-refractivity contribution in [2.24, 2.45) is 0 Å². The summed E-state index contributed by atoms with van der Waals surface area (Å²) in [6.07, 6.45) is 3.54. The molecule has 11 aromatic rings. The Kier molecular flexibility index (Phi) is 7.83. The van der Waals surface area contributed by atoms with E-state index in [0.29, 0.717) is 11.6 Å². The first-order valence-electron chi connectivity index (χ1n) is 18.5. The third-order valence-corrected chi connectivity index (χ3v) is 12.9. The molecule has 11 rings (SSSR count). The van der Waals surface area contributed by atoms with Gasteiger partial charge in [0, 0.05) is 75.0 Å². The van der Waals surface area contributed by atoms with Crippen LogP contribution in [0.4, 0.5) is 0 Å². The predicted octanol–water partition coefficient (Wildman–Crippen LogP) is 14.0. The van der Waals surface area contributed by atoms with Crippen molar-refractivity contribution in [3.05, 3.63) is 182 Å². The van der Waals surface area contributed by atoms with Crippen molar-refractivity contribution in [1.82, 2.24) is 19.9 Å². The van der Waals surface area contributed by atoms with E-state index in [9.17, 15) is 0 Å². The molecule has 0 aliphatic rings. The zero-order chi connectivity index (χ0) is 37.0. The molecule has 0 fully saturated rings. The van der Waals surface area contributed by atoms with Crippen molar-refractivity contribution < 1.29 is 0 Å². The molecule has 7 aromatic carbocycles. The van der Waals surface area contributed by atoms with E-state index >= 15 is 0 Å². The van der Waals surface area contributed by atoms with E-state index in [1.165, 1.54) is 51.5 Å². The summed E-state index contributed by atoms with van der Waals surface area (Å²) in [6, 6.07) is 60.3. The quantitative estimate of drug-likeness (QED) is 0.170. The smallest absolute Gasteiger partial charge is 0.160 e. The van der Waals surface area contributed by atoms with Crippen LogP contribution in [0.5, 0.6) is 0 Å². The number of fused-ring (bicyclic) bond motifs is 6. The van der Waals surface area contributed by atoms with E-state index < -0.39 is 0 Å². The van der Waals surface area contributed by atoms with Gasteiger partial charge in [0.05, 0.1) is 11.4 Å². The number of benzene rings is 7. The number of rotatable bonds is 6. The molecule has 4 nitrogen and oxygen atoms in total. The summed E-state index contributed by atoms with van der Waals surface area (Å²) in [6.45, 7) is 0. The van der Waals surface area contributed by atoms with Crippen LogP contribution in [0.1, 0.15) is 0 Å². The first-order chi connectivity index (χ1) is 27.7. The highest BCUT2D eigenvalue weighted by atomic mass is 32.1. The van der Waals surface area contributed by atoms with Gasteiger partial charge in [-0.25, -0.2) is 19.9 Å². The zero-order valence-electron chi connectivity index (χ0n) is 29.9. The zero-order valence-corrected chi connectivity index (χ0v) is 31.6. The second kappa shape index (κ2) is 13.5. The van der Waals surface area contributed by atoms with Gasteiger partial charge >= 0.3 is 0 Å². The summed E-state index contributed by atoms with van der Waals surface area (Å²) in [5.74, 6) is 1.37. The molecular formula is C50H30N4S2. The average molecular weight is 751 g/mol. The summed E-state index contributed by atoms with van der Waals surface area (Å²) in [7, 11) is 0. The maximum atomic E-state index is 5.33. The van der Waals surface area contributed by atoms with Crippen LogP contribution < -0.4 is 0 Å². The van der Waals surface area contributed by atoms with Crippen molar-refractivity contribution in [3.63, 3.8) is 0 Å². The number of aromatic nitrogens is 4. The van der Waals surface area contributed by atoms with Gasteiger partial charge in [-0.2, -0.15) is 0 Å². The van der Waals surface area contributed by atoms with Crippen molar-refractivity contribution in [2.45, 2.75) is 0 Å². The molecule has 0 spiro atoms. The monoisotopic (exact) mass is 750 g/mol. The lowest BCUT2D eigenvalue weighted by Gasteiger charge is -2.14. The maximum Gasteiger partial charge on any atom is 0.160 e. The minimum absolute atomic E-state index is 0.673. The molecule has 4 aromatic heterocycles. The normalized spacial score (nSPS) is 11.6. The maximum absolute atomic E-state index is 5.33. The Morgan fingerprint density at radius 2 is 0.804 bits per heavy atom. The van der Waals surface area contributed by atoms with Gasteiger partial charge in [-0.3, -0.25) is 0 Å². The first-order valence-corrected chi connectivity index (χ1v) is 20.2. The highest BCUT2D eigenvalue weighted by molar-refractivity contribution is 7.26. The SMILES string of the molecule is c1ccc(-c2cc(-c3ccc(-c4ncccn4)cc3)nc(-c3cc(-c4cccc5c4sc4ccccc45)cc(-c4cccc5c4sc4ccccc45)c3)n2)cc1. The molecule has 0 N–H and O–H groups in total. The van der Waals surface area contributed by atoms with Crippen LogP contribution in [-0.4, -0.2) is 19.9 Å². The second-order valence-corrected chi connectivity index (χ2v) is 15.9. The molecule has 0 aliphatic heterocycles. The molecule has 0 saturated heterocycles. The van der Waals surface area contributed by atoms with Crippen LogP contribution in [0.2, 0.25) is 0 Å². The van der Waals surface area contributed by atoms with Crippen LogP contribution in [0, 0.1) is 0 Å². The van der Waals surface area contributed by atoms with Gasteiger partial charge in [-0.15, -0.1) is 22.7 Å². The lowest BCUT2D eigenvalue weighted by Crippen LogP contribution is -1.97. The molecule has 0 atom stereocenters. The molecule has 0 radical (unpaired) electrons. The minimum atomic E-state index is 0.673. The van der Waals surface area contributed by atoms with Crippen molar-refractivity contribution in [2.75, 3.05) is 0 Å². The van der Waals surface area contributed by atoms with E-state index in [2.05, 4.69) is 168 Å². The van der Waals surface area contributed by atoms with E-state index in [1.54, 1.807) is 12.4 Å². The van der Waals surface area contributed by atoms with Crippen molar-refractivity contribution in [1.29, 1.82) is 0 Å². The highest BCUT2D eigenvalue weighted by Gasteiger charge is 2.18. The molecule has 262 valence electrons. The molecule has 6 heteroatoms. The largest absolute Gasteiger partial charge is 0.237 e. The molecule has 0 unspecified atom stereocenters. The fourth-order valence-corrected chi connectivity index (χ4v) is 10.2. The summed E-state index contributed by atoms with van der Waals surface area (Å²) < 4.78 is 5.13. The molecule has 0 aliphatic carbocycles. The second-order valence-electron chi connectivity index (χ2n) is 13.8. The van der Waals surface area contributed by atoms with Crippen LogP contribution in [0.15, 0.2) is 182 Å².